The highest BCUT2D eigenvalue weighted by Crippen LogP contribution is 2.29. The molecule has 0 aliphatic carbocycles. The van der Waals surface area contributed by atoms with Crippen LogP contribution in [0.4, 0.5) is 0 Å². The van der Waals surface area contributed by atoms with Crippen LogP contribution in [0.2, 0.25) is 0 Å². The van der Waals surface area contributed by atoms with Crippen LogP contribution in [0.5, 0.6) is 11.5 Å². The van der Waals surface area contributed by atoms with Gasteiger partial charge in [-0.25, -0.2) is 0 Å². The Hall–Kier alpha value is -3.60. The Morgan fingerprint density at radius 3 is 2.41 bits per heavy atom. The molecule has 0 radical (unpaired) electrons. The Morgan fingerprint density at radius 2 is 1.62 bits per heavy atom. The van der Waals surface area contributed by atoms with E-state index in [2.05, 4.69) is 5.32 Å². The van der Waals surface area contributed by atoms with Crippen LogP contribution < -0.4 is 14.8 Å². The molecule has 0 spiro atoms. The van der Waals surface area contributed by atoms with Gasteiger partial charge < -0.3 is 14.8 Å². The van der Waals surface area contributed by atoms with Crippen molar-refractivity contribution >= 4 is 11.7 Å². The average Bonchev–Trinajstić information content (AvgIpc) is 2.76. The summed E-state index contributed by atoms with van der Waals surface area (Å²) in [5, 5.41) is 2.76. The minimum absolute atomic E-state index is 0.0483. The number of hydrogen-bond donors (Lipinski definition) is 1. The average molecular weight is 389 g/mol. The third-order valence-electron chi connectivity index (χ3n) is 4.26. The van der Waals surface area contributed by atoms with Crippen LogP contribution in [0.3, 0.4) is 0 Å². The largest absolute Gasteiger partial charge is 0.491 e. The first-order valence-electron chi connectivity index (χ1n) is 9.41. The normalized spacial score (nSPS) is 10.2. The maximum Gasteiger partial charge on any atom is 0.258 e. The third-order valence-corrected chi connectivity index (χ3v) is 4.26. The molecular weight excluding hydrogens is 366 g/mol. The summed E-state index contributed by atoms with van der Waals surface area (Å²) in [4.78, 5) is 23.4. The topological polar surface area (TPSA) is 64.6 Å². The molecule has 3 rings (SSSR count). The van der Waals surface area contributed by atoms with Crippen LogP contribution >= 0.6 is 0 Å². The first-order valence-corrected chi connectivity index (χ1v) is 9.41. The molecule has 29 heavy (non-hydrogen) atoms. The number of hydrogen-bond acceptors (Lipinski definition) is 4. The summed E-state index contributed by atoms with van der Waals surface area (Å²) in [6, 6.07) is 24.6. The zero-order valence-electron chi connectivity index (χ0n) is 16.3. The van der Waals surface area contributed by atoms with E-state index in [4.69, 9.17) is 9.47 Å². The van der Waals surface area contributed by atoms with Crippen molar-refractivity contribution in [1.82, 2.24) is 5.32 Å². The fourth-order valence-corrected chi connectivity index (χ4v) is 2.80. The minimum atomic E-state index is -0.252. The predicted molar refractivity (Wildman–Crippen MR) is 112 cm³/mol. The molecule has 0 aliphatic heterocycles. The van der Waals surface area contributed by atoms with E-state index in [1.54, 1.807) is 24.3 Å². The minimum Gasteiger partial charge on any atom is -0.491 e. The zero-order chi connectivity index (χ0) is 20.5. The van der Waals surface area contributed by atoms with Gasteiger partial charge in [-0.05, 0) is 30.7 Å². The Kier molecular flexibility index (Phi) is 7.00. The fourth-order valence-electron chi connectivity index (χ4n) is 2.80. The number of rotatable bonds is 9. The van der Waals surface area contributed by atoms with E-state index >= 15 is 0 Å². The van der Waals surface area contributed by atoms with Crippen LogP contribution in [-0.4, -0.2) is 31.4 Å². The summed E-state index contributed by atoms with van der Waals surface area (Å²) in [5.74, 6) is 0.956. The Labute approximate surface area is 170 Å². The van der Waals surface area contributed by atoms with Gasteiger partial charge >= 0.3 is 0 Å². The lowest BCUT2D eigenvalue weighted by Crippen LogP contribution is -2.32. The lowest BCUT2D eigenvalue weighted by molar-refractivity contribution is -0.123. The molecule has 0 bridgehead atoms. The maximum atomic E-state index is 12.0. The number of para-hydroxylation sites is 1. The second kappa shape index (κ2) is 10.1. The van der Waals surface area contributed by atoms with Crippen molar-refractivity contribution in [1.29, 1.82) is 0 Å². The third kappa shape index (κ3) is 5.94. The van der Waals surface area contributed by atoms with E-state index < -0.39 is 0 Å². The van der Waals surface area contributed by atoms with Gasteiger partial charge in [-0.3, -0.25) is 9.59 Å². The van der Waals surface area contributed by atoms with Gasteiger partial charge in [-0.2, -0.15) is 0 Å². The molecule has 0 unspecified atom stereocenters. The highest BCUT2D eigenvalue weighted by molar-refractivity contribution is 5.94. The van der Waals surface area contributed by atoms with Gasteiger partial charge in [0, 0.05) is 11.1 Å². The van der Waals surface area contributed by atoms with Crippen molar-refractivity contribution in [3.63, 3.8) is 0 Å². The monoisotopic (exact) mass is 389 g/mol. The Bertz CT molecular complexity index is 969. The van der Waals surface area contributed by atoms with Crippen molar-refractivity contribution in [2.45, 2.75) is 6.92 Å². The molecule has 0 aliphatic rings. The molecule has 3 aromatic rings. The van der Waals surface area contributed by atoms with Crippen molar-refractivity contribution < 1.29 is 19.1 Å². The molecule has 0 heterocycles. The number of Topliss-reactive ketones (excluding diaryl/α,β-unsaturated/α-hetero) is 1. The number of nitrogens with one attached hydrogen (secondary N) is 1. The highest BCUT2D eigenvalue weighted by atomic mass is 16.5. The number of benzene rings is 3. The van der Waals surface area contributed by atoms with Gasteiger partial charge in [-0.1, -0.05) is 60.7 Å². The predicted octanol–water partition coefficient (Wildman–Crippen LogP) is 4.13. The smallest absolute Gasteiger partial charge is 0.258 e. The number of ketones is 1. The SMILES string of the molecule is CC(=O)c1cccc(OCC(=O)NCCOc2ccccc2-c2ccccc2)c1. The quantitative estimate of drug-likeness (QED) is 0.441. The van der Waals surface area contributed by atoms with Gasteiger partial charge in [0.2, 0.25) is 0 Å². The van der Waals surface area contributed by atoms with E-state index in [1.165, 1.54) is 6.92 Å². The van der Waals surface area contributed by atoms with Crippen LogP contribution in [-0.2, 0) is 4.79 Å². The molecule has 1 N–H and O–H groups in total. The Balaban J connectivity index is 1.45. The molecular formula is C24H23NO4. The summed E-state index contributed by atoms with van der Waals surface area (Å²) in [6.07, 6.45) is 0. The lowest BCUT2D eigenvalue weighted by atomic mass is 10.1. The second-order valence-electron chi connectivity index (χ2n) is 6.43. The van der Waals surface area contributed by atoms with Gasteiger partial charge in [0.05, 0.1) is 6.54 Å². The van der Waals surface area contributed by atoms with Gasteiger partial charge in [-0.15, -0.1) is 0 Å². The number of amides is 1. The van der Waals surface area contributed by atoms with Crippen LogP contribution in [0.1, 0.15) is 17.3 Å². The van der Waals surface area contributed by atoms with Gasteiger partial charge in [0.1, 0.15) is 18.1 Å². The van der Waals surface area contributed by atoms with E-state index in [0.717, 1.165) is 16.9 Å². The summed E-state index contributed by atoms with van der Waals surface area (Å²) in [5.41, 5.74) is 2.63. The van der Waals surface area contributed by atoms with Gasteiger partial charge in [0.25, 0.3) is 5.91 Å². The summed E-state index contributed by atoms with van der Waals surface area (Å²) in [7, 11) is 0. The zero-order valence-corrected chi connectivity index (χ0v) is 16.3. The standard InChI is InChI=1S/C24H23NO4/c1-18(26)20-10-7-11-21(16-20)29-17-24(27)25-14-15-28-23-13-6-5-12-22(23)19-8-3-2-4-9-19/h2-13,16H,14-15,17H2,1H3,(H,25,27). The first kappa shape index (κ1) is 20.1. The molecule has 3 aromatic carbocycles. The van der Waals surface area contributed by atoms with Crippen LogP contribution in [0.25, 0.3) is 11.1 Å². The summed E-state index contributed by atoms with van der Waals surface area (Å²) < 4.78 is 11.3. The van der Waals surface area contributed by atoms with Crippen LogP contribution in [0.15, 0.2) is 78.9 Å². The van der Waals surface area contributed by atoms with Crippen molar-refractivity contribution in [2.75, 3.05) is 19.8 Å². The molecule has 148 valence electrons. The molecule has 1 amide bonds. The van der Waals surface area contributed by atoms with E-state index in [9.17, 15) is 9.59 Å². The lowest BCUT2D eigenvalue weighted by Gasteiger charge is -2.12. The molecule has 5 nitrogen and oxygen atoms in total. The van der Waals surface area contributed by atoms with Crippen molar-refractivity contribution in [2.24, 2.45) is 0 Å². The van der Waals surface area contributed by atoms with Crippen molar-refractivity contribution in [3.05, 3.63) is 84.4 Å². The molecule has 0 saturated heterocycles. The molecule has 0 fully saturated rings. The van der Waals surface area contributed by atoms with E-state index in [1.807, 2.05) is 54.6 Å². The number of carbonyl (C=O) groups is 2. The molecule has 0 atom stereocenters. The number of carbonyl (C=O) groups excluding carboxylic acids is 2. The summed E-state index contributed by atoms with van der Waals surface area (Å²) >= 11 is 0. The Morgan fingerprint density at radius 1 is 0.862 bits per heavy atom. The summed E-state index contributed by atoms with van der Waals surface area (Å²) in [6.45, 7) is 2.07. The first-order chi connectivity index (χ1) is 14.1. The van der Waals surface area contributed by atoms with E-state index in [-0.39, 0.29) is 18.3 Å². The number of ether oxygens (including phenoxy) is 2. The molecule has 0 aromatic heterocycles. The maximum absolute atomic E-state index is 12.0. The second-order valence-corrected chi connectivity index (χ2v) is 6.43. The highest BCUT2D eigenvalue weighted by Gasteiger charge is 2.07. The molecule has 0 saturated carbocycles. The fraction of sp³-hybridized carbons (Fsp3) is 0.167. The van der Waals surface area contributed by atoms with Gasteiger partial charge in [0.15, 0.2) is 12.4 Å². The van der Waals surface area contributed by atoms with Crippen molar-refractivity contribution in [3.8, 4) is 22.6 Å². The van der Waals surface area contributed by atoms with E-state index in [0.29, 0.717) is 24.5 Å². The van der Waals surface area contributed by atoms with Crippen LogP contribution in [0, 0.1) is 0 Å². The molecule has 5 heteroatoms.